The highest BCUT2D eigenvalue weighted by atomic mass is 19.4. The minimum absolute atomic E-state index is 0.0632. The highest BCUT2D eigenvalue weighted by Crippen LogP contribution is 2.25. The van der Waals surface area contributed by atoms with Gasteiger partial charge in [0.05, 0.1) is 0 Å². The Morgan fingerprint density at radius 1 is 1.16 bits per heavy atom. The van der Waals surface area contributed by atoms with Crippen LogP contribution in [0.5, 0.6) is 5.75 Å². The molecule has 0 saturated carbocycles. The number of alkyl carbamates (subject to hydrolysis) is 1. The second-order valence-electron chi connectivity index (χ2n) is 6.12. The van der Waals surface area contributed by atoms with Crippen LogP contribution in [0.1, 0.15) is 43.1 Å². The summed E-state index contributed by atoms with van der Waals surface area (Å²) in [6.07, 6.45) is -1.33. The summed E-state index contributed by atoms with van der Waals surface area (Å²) in [6.45, 7) is 5.53. The molecule has 0 aliphatic carbocycles. The molecule has 25 heavy (non-hydrogen) atoms. The van der Waals surface area contributed by atoms with Gasteiger partial charge >= 0.3 is 12.5 Å². The van der Waals surface area contributed by atoms with Crippen molar-refractivity contribution in [3.63, 3.8) is 0 Å². The van der Waals surface area contributed by atoms with E-state index in [1.54, 1.807) is 26.8 Å². The first-order valence-corrected chi connectivity index (χ1v) is 7.48. The average molecular weight is 359 g/mol. The van der Waals surface area contributed by atoms with E-state index in [4.69, 9.17) is 4.74 Å². The molecule has 0 spiro atoms. The number of amides is 1. The number of aldehydes is 1. The van der Waals surface area contributed by atoms with E-state index in [0.29, 0.717) is 24.8 Å². The fourth-order valence-electron chi connectivity index (χ4n) is 1.79. The third kappa shape index (κ3) is 9.39. The van der Waals surface area contributed by atoms with Gasteiger partial charge in [-0.3, -0.25) is 4.79 Å². The van der Waals surface area contributed by atoms with Gasteiger partial charge in [0, 0.05) is 12.1 Å². The molecule has 5 nitrogen and oxygen atoms in total. The van der Waals surface area contributed by atoms with Crippen molar-refractivity contribution in [3.05, 3.63) is 35.4 Å². The number of alkyl halides is 3. The number of hydrogen-bond acceptors (Lipinski definition) is 4. The minimum atomic E-state index is -4.83. The molecule has 0 aromatic heterocycles. The largest absolute Gasteiger partial charge is 0.573 e. The van der Waals surface area contributed by atoms with Crippen LogP contribution in [-0.2, 0) is 4.74 Å². The van der Waals surface area contributed by atoms with E-state index < -0.39 is 23.8 Å². The molecule has 0 heterocycles. The lowest BCUT2D eigenvalue weighted by Crippen LogP contribution is -2.32. The Balaban J connectivity index is 2.60. The third-order valence-corrected chi connectivity index (χ3v) is 2.61. The number of carbonyl (C=O) groups is 2. The van der Waals surface area contributed by atoms with Crippen LogP contribution in [0.3, 0.4) is 0 Å². The monoisotopic (exact) mass is 359 g/mol. The highest BCUT2D eigenvalue weighted by Gasteiger charge is 2.31. The summed E-state index contributed by atoms with van der Waals surface area (Å²) in [5.74, 6) is -0.469. The molecule has 1 aromatic carbocycles. The van der Waals surface area contributed by atoms with Crippen molar-refractivity contribution in [3.8, 4) is 5.75 Å². The van der Waals surface area contributed by atoms with Crippen LogP contribution in [0.4, 0.5) is 18.0 Å². The van der Waals surface area contributed by atoms with E-state index in [-0.39, 0.29) is 5.56 Å². The summed E-state index contributed by atoms with van der Waals surface area (Å²) in [4.78, 5) is 22.3. The number of hydrogen-bond donors (Lipinski definition) is 1. The molecule has 1 N–H and O–H groups in total. The van der Waals surface area contributed by atoms with Crippen LogP contribution in [-0.4, -0.2) is 30.9 Å². The Bertz CT molecular complexity index is 634. The number of halogens is 3. The summed E-state index contributed by atoms with van der Waals surface area (Å²) in [5, 5.41) is 2.55. The van der Waals surface area contributed by atoms with Crippen LogP contribution in [0.2, 0.25) is 0 Å². The number of ether oxygens (including phenoxy) is 2. The van der Waals surface area contributed by atoms with Gasteiger partial charge in [0.25, 0.3) is 0 Å². The minimum Gasteiger partial charge on any atom is -0.444 e. The average Bonchev–Trinajstić information content (AvgIpc) is 2.42. The normalized spacial score (nSPS) is 12.1. The molecule has 138 valence electrons. The molecule has 0 saturated heterocycles. The molecule has 0 aliphatic heterocycles. The molecule has 0 unspecified atom stereocenters. The summed E-state index contributed by atoms with van der Waals surface area (Å²) in [6, 6.07) is 3.59. The zero-order valence-electron chi connectivity index (χ0n) is 14.1. The van der Waals surface area contributed by atoms with Crippen LogP contribution in [0.25, 0.3) is 6.08 Å². The van der Waals surface area contributed by atoms with E-state index in [1.807, 2.05) is 0 Å². The molecule has 0 atom stereocenters. The van der Waals surface area contributed by atoms with Crippen molar-refractivity contribution in [2.75, 3.05) is 6.54 Å². The Kier molecular flexibility index (Phi) is 7.02. The van der Waals surface area contributed by atoms with Crippen molar-refractivity contribution < 1.29 is 32.2 Å². The van der Waals surface area contributed by atoms with Crippen molar-refractivity contribution >= 4 is 18.5 Å². The highest BCUT2D eigenvalue weighted by molar-refractivity contribution is 5.77. The lowest BCUT2D eigenvalue weighted by atomic mass is 10.1. The molecule has 8 heteroatoms. The van der Waals surface area contributed by atoms with Gasteiger partial charge < -0.3 is 14.8 Å². The van der Waals surface area contributed by atoms with E-state index in [2.05, 4.69) is 10.1 Å². The van der Waals surface area contributed by atoms with E-state index in [0.717, 1.165) is 12.1 Å². The summed E-state index contributed by atoms with van der Waals surface area (Å²) in [5.41, 5.74) is -0.154. The van der Waals surface area contributed by atoms with Gasteiger partial charge in [0.2, 0.25) is 0 Å². The smallest absolute Gasteiger partial charge is 0.444 e. The maximum absolute atomic E-state index is 12.3. The molecule has 1 aromatic rings. The fraction of sp³-hybridized carbons (Fsp3) is 0.412. The molecule has 1 rings (SSSR count). The van der Waals surface area contributed by atoms with Gasteiger partial charge in [-0.1, -0.05) is 12.2 Å². The first kappa shape index (κ1) is 20.5. The Morgan fingerprint density at radius 2 is 1.80 bits per heavy atom. The maximum atomic E-state index is 12.3. The summed E-state index contributed by atoms with van der Waals surface area (Å²) < 4.78 is 45.7. The topological polar surface area (TPSA) is 64.6 Å². The summed E-state index contributed by atoms with van der Waals surface area (Å²) >= 11 is 0. The van der Waals surface area contributed by atoms with Crippen molar-refractivity contribution in [2.45, 2.75) is 39.2 Å². The molecule has 0 radical (unpaired) electrons. The lowest BCUT2D eigenvalue weighted by molar-refractivity contribution is -0.274. The Labute approximate surface area is 143 Å². The molecule has 0 fully saturated rings. The second-order valence-corrected chi connectivity index (χ2v) is 6.12. The van der Waals surface area contributed by atoms with E-state index in [1.165, 1.54) is 12.1 Å². The third-order valence-electron chi connectivity index (χ3n) is 2.61. The fourth-order valence-corrected chi connectivity index (χ4v) is 1.79. The maximum Gasteiger partial charge on any atom is 0.573 e. The number of benzene rings is 1. The van der Waals surface area contributed by atoms with Crippen LogP contribution < -0.4 is 10.1 Å². The van der Waals surface area contributed by atoms with Gasteiger partial charge in [-0.15, -0.1) is 13.2 Å². The number of carbonyl (C=O) groups excluding carboxylic acids is 2. The standard InChI is InChI=1S/C17H20F3NO4/c1-16(2,3)25-15(23)21-7-5-4-6-12-8-13(11-22)10-14(9-12)24-17(18,19)20/h4,6,8-11H,5,7H2,1-3H3,(H,21,23). The van der Waals surface area contributed by atoms with E-state index >= 15 is 0 Å². The van der Waals surface area contributed by atoms with E-state index in [9.17, 15) is 22.8 Å². The van der Waals surface area contributed by atoms with Gasteiger partial charge in [-0.25, -0.2) is 4.79 Å². The lowest BCUT2D eigenvalue weighted by Gasteiger charge is -2.19. The molecule has 0 aliphatic rings. The van der Waals surface area contributed by atoms with Crippen molar-refractivity contribution in [1.29, 1.82) is 0 Å². The second kappa shape index (κ2) is 8.55. The molecular weight excluding hydrogens is 339 g/mol. The predicted octanol–water partition coefficient (Wildman–Crippen LogP) is 4.33. The molecular formula is C17H20F3NO4. The zero-order chi connectivity index (χ0) is 19.1. The van der Waals surface area contributed by atoms with Gasteiger partial charge in [-0.2, -0.15) is 0 Å². The zero-order valence-corrected chi connectivity index (χ0v) is 14.1. The first-order valence-electron chi connectivity index (χ1n) is 7.48. The van der Waals surface area contributed by atoms with Crippen LogP contribution >= 0.6 is 0 Å². The number of nitrogens with one attached hydrogen (secondary N) is 1. The Hall–Kier alpha value is -2.51. The number of rotatable bonds is 6. The SMILES string of the molecule is CC(C)(C)OC(=O)NCCC=Cc1cc(C=O)cc(OC(F)(F)F)c1. The van der Waals surface area contributed by atoms with Crippen LogP contribution in [0.15, 0.2) is 24.3 Å². The van der Waals surface area contributed by atoms with Crippen molar-refractivity contribution in [2.24, 2.45) is 0 Å². The van der Waals surface area contributed by atoms with Crippen molar-refractivity contribution in [1.82, 2.24) is 5.32 Å². The van der Waals surface area contributed by atoms with Gasteiger partial charge in [0.15, 0.2) is 0 Å². The summed E-state index contributed by atoms with van der Waals surface area (Å²) in [7, 11) is 0. The molecule has 0 bridgehead atoms. The quantitative estimate of drug-likeness (QED) is 0.607. The Morgan fingerprint density at radius 3 is 2.36 bits per heavy atom. The van der Waals surface area contributed by atoms with Gasteiger partial charge in [0.1, 0.15) is 17.6 Å². The van der Waals surface area contributed by atoms with Crippen LogP contribution in [0, 0.1) is 0 Å². The van der Waals surface area contributed by atoms with Gasteiger partial charge in [-0.05, 0) is 51.0 Å². The first-order chi connectivity index (χ1) is 11.5. The molecule has 1 amide bonds. The predicted molar refractivity (Wildman–Crippen MR) is 86.4 cm³/mol.